The van der Waals surface area contributed by atoms with E-state index in [0.29, 0.717) is 5.56 Å². The lowest BCUT2D eigenvalue weighted by atomic mass is 9.55. The Morgan fingerprint density at radius 2 is 0.511 bits per heavy atom. The largest absolute Gasteiger partial charge is 0.239 e. The van der Waals surface area contributed by atoms with Crippen LogP contribution in [0.15, 0.2) is 225 Å². The van der Waals surface area contributed by atoms with Gasteiger partial charge in [-0.2, -0.15) is 0 Å². The predicted molar refractivity (Wildman–Crippen MR) is 581 cm³/mol. The first kappa shape index (κ1) is 96.1. The SMILES string of the molecule is CCC1(C)c2c(-c3c(C)cccc3C)c[n+](C)n2-c2c(C)cccc2C1(C)C.CCC1(C)c2cc(-c3cc(C)cc(C)c3)[n+](C)n2-c2c(C)cccc2C1(C)C.CCC1(C)c2cc(-c3ccccc3)[n+](C)n2-c2c(C)cccc2C1(C)C.CCC1(CC)c2c(-c3c(C)cccc3C)c[n+](C)n2-c2c(C)cccc2C1(C)C.[2H]C([2H])([2H])c1cc(C)cc(-c2cc3n([n+]2C)-c2c(C)cccc2C(C)(C)C3(C)CC)c1. The molecule has 10 aromatic carbocycles. The second-order valence-corrected chi connectivity index (χ2v) is 45.7. The molecule has 0 saturated carbocycles. The van der Waals surface area contributed by atoms with E-state index in [2.05, 4.69) is 509 Å². The minimum atomic E-state index is -2.12. The van der Waals surface area contributed by atoms with Gasteiger partial charge < -0.3 is 0 Å². The maximum Gasteiger partial charge on any atom is 0.239 e. The third-order valence-electron chi connectivity index (χ3n) is 37.1. The molecule has 0 amide bonds. The Morgan fingerprint density at radius 1 is 0.252 bits per heavy atom. The normalized spacial score (nSPS) is 19.8. The molecule has 10 heterocycles. The molecule has 724 valence electrons. The zero-order valence-corrected chi connectivity index (χ0v) is 91.6. The van der Waals surface area contributed by atoms with Crippen LogP contribution in [0.5, 0.6) is 0 Å². The second kappa shape index (κ2) is 35.8. The van der Waals surface area contributed by atoms with E-state index >= 15 is 0 Å². The van der Waals surface area contributed by atoms with Gasteiger partial charge in [-0.1, -0.05) is 318 Å². The van der Waals surface area contributed by atoms with Crippen molar-refractivity contribution in [3.05, 3.63) is 353 Å². The van der Waals surface area contributed by atoms with Crippen LogP contribution in [0.2, 0.25) is 0 Å². The van der Waals surface area contributed by atoms with E-state index in [1.54, 1.807) is 6.07 Å². The lowest BCUT2D eigenvalue weighted by Gasteiger charge is -2.50. The van der Waals surface area contributed by atoms with Crippen LogP contribution in [-0.2, 0) is 89.4 Å². The molecule has 5 aromatic heterocycles. The van der Waals surface area contributed by atoms with E-state index in [1.807, 2.05) is 13.0 Å². The summed E-state index contributed by atoms with van der Waals surface area (Å²) in [5, 5.41) is 0. The first-order chi connectivity index (χ1) is 66.6. The third-order valence-corrected chi connectivity index (χ3v) is 37.1. The maximum absolute atomic E-state index is 7.90. The van der Waals surface area contributed by atoms with Crippen LogP contribution in [0, 0.1) is 89.9 Å². The van der Waals surface area contributed by atoms with Crippen molar-refractivity contribution >= 4 is 0 Å². The summed E-state index contributed by atoms with van der Waals surface area (Å²) in [6.07, 6.45) is 11.2. The van der Waals surface area contributed by atoms with E-state index in [9.17, 15) is 0 Å². The van der Waals surface area contributed by atoms with Crippen molar-refractivity contribution in [2.45, 2.75) is 321 Å². The van der Waals surface area contributed by atoms with E-state index in [1.165, 1.54) is 191 Å². The number of fused-ring (bicyclic) bond motifs is 15. The van der Waals surface area contributed by atoms with Gasteiger partial charge in [-0.25, -0.2) is 0 Å². The summed E-state index contributed by atoms with van der Waals surface area (Å²) in [6.45, 7) is 72.2. The lowest BCUT2D eigenvalue weighted by Crippen LogP contribution is -2.53. The summed E-state index contributed by atoms with van der Waals surface area (Å²) in [5.41, 5.74) is 49.8. The molecule has 0 saturated heterocycles. The number of benzene rings is 10. The average molecular weight is 1860 g/mol. The molecule has 4 unspecified atom stereocenters. The van der Waals surface area contributed by atoms with Crippen molar-refractivity contribution in [2.75, 3.05) is 0 Å². The fraction of sp³-hybridized carbons (Fsp3) is 0.419. The highest BCUT2D eigenvalue weighted by atomic mass is 15.4. The fourth-order valence-corrected chi connectivity index (χ4v) is 26.8. The summed E-state index contributed by atoms with van der Waals surface area (Å²) in [6, 6.07) is 77.5. The average Bonchev–Trinajstić information content (AvgIpc) is 1.49. The van der Waals surface area contributed by atoms with Crippen LogP contribution >= 0.6 is 0 Å². The topological polar surface area (TPSA) is 44.0 Å². The Bertz CT molecular complexity index is 7410. The molecule has 20 rings (SSSR count). The fourth-order valence-electron chi connectivity index (χ4n) is 26.8. The predicted octanol–water partition coefficient (Wildman–Crippen LogP) is 29.0. The molecule has 5 aliphatic heterocycles. The number of aryl methyl sites for hydroxylation is 15. The van der Waals surface area contributed by atoms with E-state index < -0.39 is 6.85 Å². The van der Waals surface area contributed by atoms with Crippen molar-refractivity contribution in [2.24, 2.45) is 35.2 Å². The molecule has 15 aromatic rings. The Labute approximate surface area is 839 Å². The summed E-state index contributed by atoms with van der Waals surface area (Å²) in [7, 11) is 10.9. The zero-order valence-electron chi connectivity index (χ0n) is 94.6. The van der Waals surface area contributed by atoms with Gasteiger partial charge in [0.05, 0.1) is 28.2 Å². The molecule has 139 heavy (non-hydrogen) atoms. The van der Waals surface area contributed by atoms with Crippen LogP contribution in [-0.4, -0.2) is 23.4 Å². The summed E-state index contributed by atoms with van der Waals surface area (Å²) < 4.78 is 47.5. The summed E-state index contributed by atoms with van der Waals surface area (Å²) >= 11 is 0. The monoisotopic (exact) mass is 1860 g/mol. The highest BCUT2D eigenvalue weighted by Gasteiger charge is 2.59. The lowest BCUT2D eigenvalue weighted by molar-refractivity contribution is -0.745. The Kier molecular flexibility index (Phi) is 24.8. The molecule has 10 nitrogen and oxygen atoms in total. The highest BCUT2D eigenvalue weighted by Crippen LogP contribution is 2.61. The first-order valence-electron chi connectivity index (χ1n) is 53.2. The van der Waals surface area contributed by atoms with E-state index in [4.69, 9.17) is 4.11 Å². The molecule has 0 bridgehead atoms. The van der Waals surface area contributed by atoms with Crippen LogP contribution < -0.4 is 23.4 Å². The van der Waals surface area contributed by atoms with Crippen LogP contribution in [0.4, 0.5) is 0 Å². The van der Waals surface area contributed by atoms with Gasteiger partial charge >= 0.3 is 0 Å². The van der Waals surface area contributed by atoms with Crippen LogP contribution in [0.25, 0.3) is 84.5 Å². The van der Waals surface area contributed by atoms with Gasteiger partial charge in [0.25, 0.3) is 0 Å². The second-order valence-electron chi connectivity index (χ2n) is 45.7. The zero-order chi connectivity index (χ0) is 104. The molecular weight excluding hydrogens is 1690 g/mol. The number of nitrogens with zero attached hydrogens (tertiary/aromatic N) is 10. The number of aromatic nitrogens is 10. The van der Waals surface area contributed by atoms with Gasteiger partial charge in [0.1, 0.15) is 39.8 Å². The van der Waals surface area contributed by atoms with Crippen LogP contribution in [0.1, 0.15) is 310 Å². The summed E-state index contributed by atoms with van der Waals surface area (Å²) in [4.78, 5) is 0. The summed E-state index contributed by atoms with van der Waals surface area (Å²) in [5.74, 6) is 0. The first-order valence-corrected chi connectivity index (χ1v) is 51.7. The standard InChI is InChI=1S/C27H35N2.3C26H33N2.C24H29N2/c1-9-27(10-2)25-21(23-18(3)13-11-14-19(23)4)17-28(8)29(25)24-20(5)15-12-16-22(24)26(27,6)7;1-9-26(7)24-20(22-17(2)12-10-13-18(22)3)16-27(8)28(24)23-19(4)14-11-15-21(23)25(26,5)6;2*1-9-26(7)23-16-22(20-14-17(2)13-18(3)15-20)27(8)28(23)24-19(4)11-10-12-21(24)25(26,5)6;1-7-24(5)21-16-20(18-13-9-8-10-14-18)25(6)26(21)22-17(2)12-11-15-19(22)23(24,3)4/h11-17H,9-10H2,1-8H3;3*10-16H,9H2,1-8H3;8-16H,7H2,1-6H3/q5*+1/i;;2D3;;. The van der Waals surface area contributed by atoms with Crippen molar-refractivity contribution < 1.29 is 27.5 Å². The van der Waals surface area contributed by atoms with Crippen molar-refractivity contribution in [1.82, 2.24) is 23.4 Å². The van der Waals surface area contributed by atoms with Crippen molar-refractivity contribution in [1.29, 1.82) is 0 Å². The van der Waals surface area contributed by atoms with Gasteiger partial charge in [0.2, 0.25) is 29.5 Å². The molecule has 0 aliphatic carbocycles. The van der Waals surface area contributed by atoms with Crippen LogP contribution in [0.3, 0.4) is 0 Å². The maximum atomic E-state index is 7.90. The third kappa shape index (κ3) is 14.9. The van der Waals surface area contributed by atoms with Gasteiger partial charge in [-0.05, 0) is 254 Å². The van der Waals surface area contributed by atoms with Gasteiger partial charge in [0.15, 0.2) is 35.2 Å². The van der Waals surface area contributed by atoms with Crippen molar-refractivity contribution in [3.63, 3.8) is 0 Å². The molecule has 5 aliphatic rings. The molecule has 0 spiro atoms. The quantitative estimate of drug-likeness (QED) is 0.116. The molecular formula is C129H163N10+5. The minimum Gasteiger partial charge on any atom is -0.124 e. The van der Waals surface area contributed by atoms with E-state index in [0.717, 1.165) is 55.3 Å². The Hall–Kier alpha value is -11.8. The van der Waals surface area contributed by atoms with Gasteiger partial charge in [-0.3, -0.25) is 0 Å². The minimum absolute atomic E-state index is 0.0269. The molecule has 10 heteroatoms. The molecule has 0 N–H and O–H groups in total. The number of hydrogen-bond acceptors (Lipinski definition) is 0. The van der Waals surface area contributed by atoms with Crippen molar-refractivity contribution in [3.8, 4) is 84.5 Å². The molecule has 0 fully saturated rings. The molecule has 4 atom stereocenters. The smallest absolute Gasteiger partial charge is 0.124 e. The molecule has 0 radical (unpaired) electrons. The Morgan fingerprint density at radius 3 is 0.820 bits per heavy atom. The Balaban J connectivity index is 0.000000128. The van der Waals surface area contributed by atoms with E-state index in [-0.39, 0.29) is 54.1 Å². The highest BCUT2D eigenvalue weighted by molar-refractivity contribution is 5.78. The number of rotatable bonds is 11. The number of para-hydroxylation sites is 5. The van der Waals surface area contributed by atoms with Gasteiger partial charge in [0, 0.05) is 93.2 Å². The number of hydrogen-bond donors (Lipinski definition) is 0. The van der Waals surface area contributed by atoms with Gasteiger partial charge in [-0.15, -0.1) is 46.8 Å².